The normalized spacial score (nSPS) is 12.4. The topological polar surface area (TPSA) is 47.0 Å². The van der Waals surface area contributed by atoms with Crippen molar-refractivity contribution in [2.24, 2.45) is 0 Å². The van der Waals surface area contributed by atoms with Gasteiger partial charge in [-0.15, -0.1) is 11.3 Å². The van der Waals surface area contributed by atoms with Crippen LogP contribution in [0.4, 0.5) is 0 Å². The molecule has 0 amide bonds. The van der Waals surface area contributed by atoms with E-state index in [-0.39, 0.29) is 6.04 Å². The summed E-state index contributed by atoms with van der Waals surface area (Å²) in [4.78, 5) is 11.1. The Bertz CT molecular complexity index is 548. The minimum atomic E-state index is 0.289. The molecule has 108 valence electrons. The number of aromatic nitrogens is 2. The van der Waals surface area contributed by atoms with Crippen LogP contribution in [0.2, 0.25) is 0 Å². The van der Waals surface area contributed by atoms with E-state index in [1.165, 1.54) is 15.3 Å². The summed E-state index contributed by atoms with van der Waals surface area (Å²) in [5.74, 6) is 0.615. The highest BCUT2D eigenvalue weighted by atomic mass is 32.1. The van der Waals surface area contributed by atoms with Crippen molar-refractivity contribution in [1.29, 1.82) is 0 Å². The molecule has 0 spiro atoms. The molecule has 0 radical (unpaired) electrons. The summed E-state index contributed by atoms with van der Waals surface area (Å²) in [6.07, 6.45) is 2.40. The fourth-order valence-electron chi connectivity index (χ4n) is 2.10. The second-order valence-electron chi connectivity index (χ2n) is 4.75. The number of nitrogens with zero attached hydrogens (tertiary/aromatic N) is 2. The van der Waals surface area contributed by atoms with E-state index in [0.29, 0.717) is 5.88 Å². The maximum absolute atomic E-state index is 5.16. The van der Waals surface area contributed by atoms with Crippen LogP contribution in [0.25, 0.3) is 0 Å². The molecule has 0 saturated heterocycles. The smallest absolute Gasteiger partial charge is 0.216 e. The van der Waals surface area contributed by atoms with E-state index < -0.39 is 0 Å². The number of hydrogen-bond acceptors (Lipinski definition) is 5. The Kier molecular flexibility index (Phi) is 5.09. The maximum Gasteiger partial charge on any atom is 0.216 e. The first-order chi connectivity index (χ1) is 9.63. The summed E-state index contributed by atoms with van der Waals surface area (Å²) in [6.45, 7) is 7.38. The second kappa shape index (κ2) is 6.81. The van der Waals surface area contributed by atoms with Gasteiger partial charge in [0.1, 0.15) is 6.33 Å². The first-order valence-corrected chi connectivity index (χ1v) is 7.61. The van der Waals surface area contributed by atoms with E-state index >= 15 is 0 Å². The van der Waals surface area contributed by atoms with E-state index in [1.807, 2.05) is 17.4 Å². The molecule has 2 rings (SSSR count). The Balaban J connectivity index is 2.20. The molecular formula is C15H21N3OS. The minimum absolute atomic E-state index is 0.289. The molecule has 0 fully saturated rings. The van der Waals surface area contributed by atoms with Crippen LogP contribution in [-0.2, 0) is 6.42 Å². The molecule has 1 unspecified atom stereocenters. The van der Waals surface area contributed by atoms with Gasteiger partial charge in [0.15, 0.2) is 0 Å². The lowest BCUT2D eigenvalue weighted by Gasteiger charge is -2.16. The predicted molar refractivity (Wildman–Crippen MR) is 82.5 cm³/mol. The largest absolute Gasteiger partial charge is 0.481 e. The van der Waals surface area contributed by atoms with Gasteiger partial charge in [0.2, 0.25) is 5.88 Å². The average Bonchev–Trinajstić information content (AvgIpc) is 2.78. The van der Waals surface area contributed by atoms with E-state index in [4.69, 9.17) is 4.74 Å². The van der Waals surface area contributed by atoms with Gasteiger partial charge in [-0.05, 0) is 32.0 Å². The van der Waals surface area contributed by atoms with Crippen molar-refractivity contribution in [1.82, 2.24) is 15.3 Å². The molecule has 0 bridgehead atoms. The fourth-order valence-corrected chi connectivity index (χ4v) is 3.22. The quantitative estimate of drug-likeness (QED) is 0.888. The van der Waals surface area contributed by atoms with Gasteiger partial charge in [0.25, 0.3) is 0 Å². The number of methoxy groups -OCH3 is 1. The molecule has 0 aliphatic carbocycles. The highest BCUT2D eigenvalue weighted by Gasteiger charge is 2.15. The van der Waals surface area contributed by atoms with Crippen LogP contribution < -0.4 is 10.1 Å². The standard InChI is InChI=1S/C15H21N3OS/c1-5-16-13(14-6-10(2)11(3)20-14)7-12-8-15(19-4)18-9-17-12/h6,8-9,13,16H,5,7H2,1-4H3. The minimum Gasteiger partial charge on any atom is -0.481 e. The number of hydrogen-bond donors (Lipinski definition) is 1. The molecule has 1 atom stereocenters. The van der Waals surface area contributed by atoms with E-state index in [0.717, 1.165) is 18.7 Å². The molecule has 2 aromatic heterocycles. The van der Waals surface area contributed by atoms with Crippen molar-refractivity contribution in [3.05, 3.63) is 39.5 Å². The van der Waals surface area contributed by atoms with Gasteiger partial charge in [0, 0.05) is 34.0 Å². The molecule has 4 nitrogen and oxygen atoms in total. The number of nitrogens with one attached hydrogen (secondary N) is 1. The van der Waals surface area contributed by atoms with Crippen LogP contribution in [-0.4, -0.2) is 23.6 Å². The van der Waals surface area contributed by atoms with E-state index in [1.54, 1.807) is 13.4 Å². The summed E-state index contributed by atoms with van der Waals surface area (Å²) in [5.41, 5.74) is 2.35. The third-order valence-corrected chi connectivity index (χ3v) is 4.57. The Morgan fingerprint density at radius 1 is 1.30 bits per heavy atom. The van der Waals surface area contributed by atoms with Crippen LogP contribution in [0.1, 0.15) is 34.0 Å². The van der Waals surface area contributed by atoms with Gasteiger partial charge in [-0.25, -0.2) is 9.97 Å². The summed E-state index contributed by atoms with van der Waals surface area (Å²) >= 11 is 1.85. The average molecular weight is 291 g/mol. The molecule has 2 heterocycles. The Morgan fingerprint density at radius 2 is 2.10 bits per heavy atom. The molecule has 0 aromatic carbocycles. The molecule has 2 aromatic rings. The Labute approximate surface area is 124 Å². The highest BCUT2D eigenvalue weighted by molar-refractivity contribution is 7.12. The molecule has 0 aliphatic rings. The molecule has 0 saturated carbocycles. The Hall–Kier alpha value is -1.46. The molecule has 1 N–H and O–H groups in total. The zero-order valence-corrected chi connectivity index (χ0v) is 13.3. The summed E-state index contributed by atoms with van der Waals surface area (Å²) < 4.78 is 5.16. The van der Waals surface area contributed by atoms with Gasteiger partial charge in [0.05, 0.1) is 7.11 Å². The molecular weight excluding hydrogens is 270 g/mol. The van der Waals surface area contributed by atoms with Gasteiger partial charge in [-0.2, -0.15) is 0 Å². The molecule has 5 heteroatoms. The van der Waals surface area contributed by atoms with Crippen molar-refractivity contribution in [3.63, 3.8) is 0 Å². The fraction of sp³-hybridized carbons (Fsp3) is 0.467. The van der Waals surface area contributed by atoms with Gasteiger partial charge in [-0.3, -0.25) is 0 Å². The van der Waals surface area contributed by atoms with Crippen molar-refractivity contribution in [3.8, 4) is 5.88 Å². The molecule has 0 aliphatic heterocycles. The first-order valence-electron chi connectivity index (χ1n) is 6.79. The van der Waals surface area contributed by atoms with E-state index in [9.17, 15) is 0 Å². The lowest BCUT2D eigenvalue weighted by atomic mass is 10.1. The van der Waals surface area contributed by atoms with Crippen molar-refractivity contribution in [2.45, 2.75) is 33.2 Å². The third kappa shape index (κ3) is 3.55. The second-order valence-corrected chi connectivity index (χ2v) is 6.04. The Morgan fingerprint density at radius 3 is 2.70 bits per heavy atom. The third-order valence-electron chi connectivity index (χ3n) is 3.30. The van der Waals surface area contributed by atoms with Crippen LogP contribution in [0.15, 0.2) is 18.5 Å². The van der Waals surface area contributed by atoms with Crippen molar-refractivity contribution >= 4 is 11.3 Å². The van der Waals surface area contributed by atoms with Crippen molar-refractivity contribution < 1.29 is 4.74 Å². The highest BCUT2D eigenvalue weighted by Crippen LogP contribution is 2.28. The lowest BCUT2D eigenvalue weighted by Crippen LogP contribution is -2.22. The predicted octanol–water partition coefficient (Wildman–Crippen LogP) is 3.06. The number of likely N-dealkylation sites (N-methyl/N-ethyl adjacent to an activating group) is 1. The van der Waals surface area contributed by atoms with Gasteiger partial charge >= 0.3 is 0 Å². The van der Waals surface area contributed by atoms with Crippen LogP contribution >= 0.6 is 11.3 Å². The number of rotatable bonds is 6. The SMILES string of the molecule is CCNC(Cc1cc(OC)ncn1)c1cc(C)c(C)s1. The van der Waals surface area contributed by atoms with Crippen LogP contribution in [0, 0.1) is 13.8 Å². The maximum atomic E-state index is 5.16. The first kappa shape index (κ1) is 14.9. The monoisotopic (exact) mass is 291 g/mol. The van der Waals surface area contributed by atoms with Crippen molar-refractivity contribution in [2.75, 3.05) is 13.7 Å². The number of ether oxygens (including phenoxy) is 1. The van der Waals surface area contributed by atoms with Crippen LogP contribution in [0.5, 0.6) is 5.88 Å². The zero-order valence-electron chi connectivity index (χ0n) is 12.4. The summed E-state index contributed by atoms with van der Waals surface area (Å²) in [7, 11) is 1.62. The number of aryl methyl sites for hydroxylation is 2. The summed E-state index contributed by atoms with van der Waals surface area (Å²) in [5, 5.41) is 3.53. The van der Waals surface area contributed by atoms with E-state index in [2.05, 4.69) is 42.1 Å². The zero-order chi connectivity index (χ0) is 14.5. The van der Waals surface area contributed by atoms with Gasteiger partial charge < -0.3 is 10.1 Å². The lowest BCUT2D eigenvalue weighted by molar-refractivity contribution is 0.395. The van der Waals surface area contributed by atoms with Gasteiger partial charge in [-0.1, -0.05) is 6.92 Å². The number of thiophene rings is 1. The van der Waals surface area contributed by atoms with Crippen LogP contribution in [0.3, 0.4) is 0 Å². The summed E-state index contributed by atoms with van der Waals surface area (Å²) in [6, 6.07) is 4.46. The molecule has 20 heavy (non-hydrogen) atoms.